The van der Waals surface area contributed by atoms with Crippen LogP contribution in [0.1, 0.15) is 22.7 Å². The summed E-state index contributed by atoms with van der Waals surface area (Å²) in [5.74, 6) is -0.283. The minimum atomic E-state index is -4.71. The van der Waals surface area contributed by atoms with Gasteiger partial charge in [0.25, 0.3) is 0 Å². The van der Waals surface area contributed by atoms with Gasteiger partial charge in [-0.1, -0.05) is 35.9 Å². The second kappa shape index (κ2) is 5.95. The molecule has 0 unspecified atom stereocenters. The van der Waals surface area contributed by atoms with Crippen molar-refractivity contribution in [3.63, 3.8) is 0 Å². The first-order valence-electron chi connectivity index (χ1n) is 6.14. The first kappa shape index (κ1) is 15.7. The van der Waals surface area contributed by atoms with Crippen LogP contribution in [0.5, 0.6) is 5.75 Å². The van der Waals surface area contributed by atoms with Gasteiger partial charge in [0, 0.05) is 5.02 Å². The van der Waals surface area contributed by atoms with Crippen LogP contribution in [0, 0.1) is 6.92 Å². The molecule has 2 rings (SSSR count). The Bertz CT molecular complexity index is 606. The van der Waals surface area contributed by atoms with Gasteiger partial charge in [0.1, 0.15) is 5.75 Å². The fourth-order valence-electron chi connectivity index (χ4n) is 2.08. The molecule has 0 saturated heterocycles. The van der Waals surface area contributed by atoms with Crippen LogP contribution in [-0.4, -0.2) is 6.36 Å². The molecular formula is C15H13ClF3NO. The van der Waals surface area contributed by atoms with Gasteiger partial charge in [-0.05, 0) is 41.8 Å². The van der Waals surface area contributed by atoms with Crippen LogP contribution in [0.4, 0.5) is 13.2 Å². The molecule has 0 aliphatic carbocycles. The van der Waals surface area contributed by atoms with Crippen molar-refractivity contribution < 1.29 is 17.9 Å². The lowest BCUT2D eigenvalue weighted by atomic mass is 9.96. The van der Waals surface area contributed by atoms with Crippen molar-refractivity contribution in [3.05, 3.63) is 64.2 Å². The third-order valence-corrected chi connectivity index (χ3v) is 3.38. The molecule has 6 heteroatoms. The molecule has 2 N–H and O–H groups in total. The molecule has 2 nitrogen and oxygen atoms in total. The second-order valence-electron chi connectivity index (χ2n) is 4.56. The number of benzene rings is 2. The van der Waals surface area contributed by atoms with E-state index in [1.165, 1.54) is 24.3 Å². The number of ether oxygens (including phenoxy) is 1. The zero-order chi connectivity index (χ0) is 15.6. The van der Waals surface area contributed by atoms with Crippen molar-refractivity contribution >= 4 is 11.6 Å². The van der Waals surface area contributed by atoms with Crippen LogP contribution in [0.3, 0.4) is 0 Å². The van der Waals surface area contributed by atoms with Gasteiger partial charge in [0.05, 0.1) is 6.04 Å². The van der Waals surface area contributed by atoms with Crippen molar-refractivity contribution in [1.29, 1.82) is 0 Å². The Morgan fingerprint density at radius 3 is 2.24 bits per heavy atom. The van der Waals surface area contributed by atoms with Crippen LogP contribution < -0.4 is 10.5 Å². The highest BCUT2D eigenvalue weighted by atomic mass is 35.5. The third-order valence-electron chi connectivity index (χ3n) is 3.05. The van der Waals surface area contributed by atoms with Crippen molar-refractivity contribution in [2.24, 2.45) is 5.73 Å². The largest absolute Gasteiger partial charge is 0.573 e. The van der Waals surface area contributed by atoms with Crippen LogP contribution in [0.25, 0.3) is 0 Å². The van der Waals surface area contributed by atoms with Gasteiger partial charge in [-0.25, -0.2) is 0 Å². The Kier molecular flexibility index (Phi) is 4.44. The number of rotatable bonds is 3. The number of alkyl halides is 3. The van der Waals surface area contributed by atoms with E-state index in [1.807, 2.05) is 19.1 Å². The van der Waals surface area contributed by atoms with Crippen molar-refractivity contribution in [1.82, 2.24) is 0 Å². The number of hydrogen-bond acceptors (Lipinski definition) is 2. The summed E-state index contributed by atoms with van der Waals surface area (Å²) in [6.07, 6.45) is -4.71. The van der Waals surface area contributed by atoms with Crippen LogP contribution >= 0.6 is 11.6 Å². The van der Waals surface area contributed by atoms with Gasteiger partial charge < -0.3 is 10.5 Å². The van der Waals surface area contributed by atoms with Crippen LogP contribution in [-0.2, 0) is 0 Å². The van der Waals surface area contributed by atoms with Gasteiger partial charge in [-0.2, -0.15) is 0 Å². The first-order valence-corrected chi connectivity index (χ1v) is 6.52. The number of hydrogen-bond donors (Lipinski definition) is 1. The Hall–Kier alpha value is -1.72. The average molecular weight is 316 g/mol. The average Bonchev–Trinajstić information content (AvgIpc) is 2.37. The predicted molar refractivity (Wildman–Crippen MR) is 75.3 cm³/mol. The maximum atomic E-state index is 12.1. The SMILES string of the molecule is Cc1cccc(Cl)c1[C@@H](N)c1ccc(OC(F)(F)F)cc1. The first-order chi connectivity index (χ1) is 9.78. The summed E-state index contributed by atoms with van der Waals surface area (Å²) in [6, 6.07) is 10.4. The maximum absolute atomic E-state index is 12.1. The van der Waals surface area contributed by atoms with Gasteiger partial charge in [-0.3, -0.25) is 0 Å². The lowest BCUT2D eigenvalue weighted by molar-refractivity contribution is -0.274. The quantitative estimate of drug-likeness (QED) is 0.898. The topological polar surface area (TPSA) is 35.2 Å². The zero-order valence-electron chi connectivity index (χ0n) is 11.1. The highest BCUT2D eigenvalue weighted by Gasteiger charge is 2.31. The highest BCUT2D eigenvalue weighted by molar-refractivity contribution is 6.31. The molecule has 0 aromatic heterocycles. The van der Waals surface area contributed by atoms with E-state index in [2.05, 4.69) is 4.74 Å². The summed E-state index contributed by atoms with van der Waals surface area (Å²) in [5, 5.41) is 0.526. The molecule has 0 aliphatic heterocycles. The van der Waals surface area contributed by atoms with E-state index in [1.54, 1.807) is 6.07 Å². The van der Waals surface area contributed by atoms with Gasteiger partial charge in [0.2, 0.25) is 0 Å². The van der Waals surface area contributed by atoms with E-state index in [-0.39, 0.29) is 5.75 Å². The maximum Gasteiger partial charge on any atom is 0.573 e. The molecule has 0 fully saturated rings. The summed E-state index contributed by atoms with van der Waals surface area (Å²) >= 11 is 6.14. The fourth-order valence-corrected chi connectivity index (χ4v) is 2.42. The van der Waals surface area contributed by atoms with E-state index in [0.717, 1.165) is 11.1 Å². The number of aryl methyl sites for hydroxylation is 1. The second-order valence-corrected chi connectivity index (χ2v) is 4.97. The molecule has 0 saturated carbocycles. The minimum Gasteiger partial charge on any atom is -0.406 e. The van der Waals surface area contributed by atoms with E-state index in [4.69, 9.17) is 17.3 Å². The van der Waals surface area contributed by atoms with E-state index < -0.39 is 12.4 Å². The highest BCUT2D eigenvalue weighted by Crippen LogP contribution is 2.31. The molecule has 2 aromatic rings. The lowest BCUT2D eigenvalue weighted by Gasteiger charge is -2.17. The molecule has 2 aromatic carbocycles. The molecule has 1 atom stereocenters. The predicted octanol–water partition coefficient (Wildman–Crippen LogP) is 4.60. The summed E-state index contributed by atoms with van der Waals surface area (Å²) in [4.78, 5) is 0. The molecule has 0 heterocycles. The van der Waals surface area contributed by atoms with E-state index in [9.17, 15) is 13.2 Å². The zero-order valence-corrected chi connectivity index (χ0v) is 11.9. The van der Waals surface area contributed by atoms with Crippen molar-refractivity contribution in [3.8, 4) is 5.75 Å². The number of halogens is 4. The Morgan fingerprint density at radius 1 is 1.10 bits per heavy atom. The molecule has 0 aliphatic rings. The van der Waals surface area contributed by atoms with Gasteiger partial charge in [-0.15, -0.1) is 13.2 Å². The summed E-state index contributed by atoms with van der Waals surface area (Å²) in [7, 11) is 0. The normalized spacial score (nSPS) is 13.0. The molecule has 0 amide bonds. The third kappa shape index (κ3) is 3.89. The molecule has 112 valence electrons. The molecule has 0 bridgehead atoms. The number of nitrogens with two attached hydrogens (primary N) is 1. The monoisotopic (exact) mass is 315 g/mol. The lowest BCUT2D eigenvalue weighted by Crippen LogP contribution is -2.17. The van der Waals surface area contributed by atoms with Crippen molar-refractivity contribution in [2.75, 3.05) is 0 Å². The van der Waals surface area contributed by atoms with E-state index >= 15 is 0 Å². The summed E-state index contributed by atoms with van der Waals surface area (Å²) < 4.78 is 40.1. The molecule has 21 heavy (non-hydrogen) atoms. The van der Waals surface area contributed by atoms with Crippen molar-refractivity contribution in [2.45, 2.75) is 19.3 Å². The molecule has 0 radical (unpaired) electrons. The Balaban J connectivity index is 2.26. The summed E-state index contributed by atoms with van der Waals surface area (Å²) in [6.45, 7) is 1.88. The van der Waals surface area contributed by atoms with Crippen LogP contribution in [0.2, 0.25) is 5.02 Å². The Morgan fingerprint density at radius 2 is 1.71 bits per heavy atom. The smallest absolute Gasteiger partial charge is 0.406 e. The fraction of sp³-hybridized carbons (Fsp3) is 0.200. The summed E-state index contributed by atoms with van der Waals surface area (Å²) in [5.41, 5.74) is 8.48. The minimum absolute atomic E-state index is 0.283. The van der Waals surface area contributed by atoms with Gasteiger partial charge >= 0.3 is 6.36 Å². The Labute approximate surface area is 125 Å². The standard InChI is InChI=1S/C15H13ClF3NO/c1-9-3-2-4-12(16)13(9)14(20)10-5-7-11(8-6-10)21-15(17,18)19/h2-8,14H,20H2,1H3/t14-/m0/s1. The molecule has 0 spiro atoms. The molecular weight excluding hydrogens is 303 g/mol. The van der Waals surface area contributed by atoms with E-state index in [0.29, 0.717) is 10.6 Å². The van der Waals surface area contributed by atoms with Crippen LogP contribution in [0.15, 0.2) is 42.5 Å². The van der Waals surface area contributed by atoms with Gasteiger partial charge in [0.15, 0.2) is 0 Å².